The second-order valence-corrected chi connectivity index (χ2v) is 6.21. The maximum Gasteiger partial charge on any atom is 0.323 e. The average Bonchev–Trinajstić information content (AvgIpc) is 2.19. The van der Waals surface area contributed by atoms with Crippen molar-refractivity contribution in [3.05, 3.63) is 0 Å². The van der Waals surface area contributed by atoms with E-state index in [0.29, 0.717) is 12.3 Å². The predicted molar refractivity (Wildman–Crippen MR) is 59.7 cm³/mol. The van der Waals surface area contributed by atoms with E-state index in [1.165, 1.54) is 0 Å². The van der Waals surface area contributed by atoms with E-state index < -0.39 is 9.28 Å². The van der Waals surface area contributed by atoms with Gasteiger partial charge in [0.1, 0.15) is 0 Å². The van der Waals surface area contributed by atoms with Gasteiger partial charge >= 0.3 is 9.28 Å². The molecule has 0 saturated heterocycles. The fourth-order valence-electron chi connectivity index (χ4n) is 1.42. The van der Waals surface area contributed by atoms with Crippen LogP contribution in [-0.4, -0.2) is 43.9 Å². The molecule has 0 fully saturated rings. The summed E-state index contributed by atoms with van der Waals surface area (Å²) in [4.78, 5) is 0. The molecule has 0 amide bonds. The molecule has 0 spiro atoms. The summed E-state index contributed by atoms with van der Waals surface area (Å²) in [6.45, 7) is 3.82. The minimum Gasteiger partial charge on any atom is -0.400 e. The van der Waals surface area contributed by atoms with Gasteiger partial charge in [0.2, 0.25) is 0 Å². The molecule has 0 aromatic rings. The standard InChI is InChI=1S/C9H23NO3Si/c1-9(14(12-3)13-4)6-5-7-10-8-11-2/h9-10,14H,5-8H2,1-4H3. The van der Waals surface area contributed by atoms with E-state index in [0.717, 1.165) is 19.4 Å². The quantitative estimate of drug-likeness (QED) is 0.356. The van der Waals surface area contributed by atoms with E-state index in [1.54, 1.807) is 21.3 Å². The van der Waals surface area contributed by atoms with Crippen molar-refractivity contribution >= 4 is 9.28 Å². The number of hydrogen-bond acceptors (Lipinski definition) is 4. The van der Waals surface area contributed by atoms with Crippen LogP contribution >= 0.6 is 0 Å². The molecule has 0 aliphatic rings. The van der Waals surface area contributed by atoms with Crippen LogP contribution in [0.2, 0.25) is 5.54 Å². The molecule has 1 unspecified atom stereocenters. The van der Waals surface area contributed by atoms with Gasteiger partial charge in [-0.1, -0.05) is 6.92 Å². The lowest BCUT2D eigenvalue weighted by molar-refractivity contribution is 0.175. The molecule has 0 aromatic heterocycles. The Kier molecular flexibility index (Phi) is 9.64. The first-order valence-corrected chi connectivity index (χ1v) is 6.62. The lowest BCUT2D eigenvalue weighted by Gasteiger charge is -2.18. The van der Waals surface area contributed by atoms with Gasteiger partial charge in [0.05, 0.1) is 6.73 Å². The SMILES string of the molecule is COCNCCCC(C)[SiH](OC)OC. The van der Waals surface area contributed by atoms with Crippen molar-refractivity contribution in [2.24, 2.45) is 0 Å². The summed E-state index contributed by atoms with van der Waals surface area (Å²) in [5.41, 5.74) is 0.564. The van der Waals surface area contributed by atoms with Gasteiger partial charge in [-0.05, 0) is 24.9 Å². The lowest BCUT2D eigenvalue weighted by atomic mass is 10.2. The zero-order chi connectivity index (χ0) is 10.8. The number of nitrogens with one attached hydrogen (secondary N) is 1. The van der Waals surface area contributed by atoms with Gasteiger partial charge in [-0.15, -0.1) is 0 Å². The first-order valence-electron chi connectivity index (χ1n) is 5.01. The van der Waals surface area contributed by atoms with Crippen LogP contribution in [-0.2, 0) is 13.6 Å². The first kappa shape index (κ1) is 14.1. The van der Waals surface area contributed by atoms with E-state index in [1.807, 2.05) is 0 Å². The van der Waals surface area contributed by atoms with E-state index in [-0.39, 0.29) is 0 Å². The molecule has 0 radical (unpaired) electrons. The van der Waals surface area contributed by atoms with E-state index in [9.17, 15) is 0 Å². The molecule has 0 aliphatic carbocycles. The fourth-order valence-corrected chi connectivity index (χ4v) is 3.05. The number of rotatable bonds is 9. The predicted octanol–water partition coefficient (Wildman–Crippen LogP) is 0.863. The Morgan fingerprint density at radius 2 is 1.86 bits per heavy atom. The Labute approximate surface area is 88.8 Å². The van der Waals surface area contributed by atoms with Crippen molar-refractivity contribution in [1.29, 1.82) is 0 Å². The third-order valence-corrected chi connectivity index (χ3v) is 4.38. The summed E-state index contributed by atoms with van der Waals surface area (Å²) >= 11 is 0. The Hall–Kier alpha value is 0.0569. The monoisotopic (exact) mass is 221 g/mol. The summed E-state index contributed by atoms with van der Waals surface area (Å²) in [5, 5.41) is 3.18. The third-order valence-electron chi connectivity index (χ3n) is 2.19. The van der Waals surface area contributed by atoms with Gasteiger partial charge in [0.15, 0.2) is 0 Å². The molecule has 86 valence electrons. The summed E-state index contributed by atoms with van der Waals surface area (Å²) in [6.07, 6.45) is 2.29. The van der Waals surface area contributed by atoms with E-state index >= 15 is 0 Å². The molecule has 0 saturated carbocycles. The highest BCUT2D eigenvalue weighted by Crippen LogP contribution is 2.16. The third kappa shape index (κ3) is 6.50. The molecule has 5 heteroatoms. The molecule has 1 atom stereocenters. The maximum absolute atomic E-state index is 5.31. The second kappa shape index (κ2) is 9.61. The molecule has 4 nitrogen and oxygen atoms in total. The first-order chi connectivity index (χ1) is 6.76. The van der Waals surface area contributed by atoms with Crippen LogP contribution in [0.1, 0.15) is 19.8 Å². The van der Waals surface area contributed by atoms with Crippen molar-refractivity contribution in [2.45, 2.75) is 25.3 Å². The highest BCUT2D eigenvalue weighted by atomic mass is 28.3. The van der Waals surface area contributed by atoms with Crippen molar-refractivity contribution in [3.63, 3.8) is 0 Å². The zero-order valence-corrected chi connectivity index (χ0v) is 10.9. The molecule has 0 bridgehead atoms. The molecule has 1 N–H and O–H groups in total. The highest BCUT2D eigenvalue weighted by Gasteiger charge is 2.18. The van der Waals surface area contributed by atoms with Crippen LogP contribution in [0.4, 0.5) is 0 Å². The second-order valence-electron chi connectivity index (χ2n) is 3.39. The Bertz CT molecular complexity index is 123. The normalized spacial score (nSPS) is 13.5. The van der Waals surface area contributed by atoms with E-state index in [4.69, 9.17) is 13.6 Å². The minimum atomic E-state index is -1.40. The zero-order valence-electron chi connectivity index (χ0n) is 9.71. The molecular formula is C9H23NO3Si. The number of ether oxygens (including phenoxy) is 1. The lowest BCUT2D eigenvalue weighted by Crippen LogP contribution is -2.25. The van der Waals surface area contributed by atoms with Crippen LogP contribution in [0.3, 0.4) is 0 Å². The summed E-state index contributed by atoms with van der Waals surface area (Å²) in [7, 11) is 3.76. The van der Waals surface area contributed by atoms with Crippen LogP contribution < -0.4 is 5.32 Å². The van der Waals surface area contributed by atoms with Gasteiger partial charge in [-0.25, -0.2) is 0 Å². The van der Waals surface area contributed by atoms with Crippen molar-refractivity contribution in [1.82, 2.24) is 5.32 Å². The summed E-state index contributed by atoms with van der Waals surface area (Å²) in [6, 6.07) is 0. The Morgan fingerprint density at radius 1 is 1.21 bits per heavy atom. The molecule has 0 heterocycles. The average molecular weight is 221 g/mol. The van der Waals surface area contributed by atoms with Crippen LogP contribution in [0.25, 0.3) is 0 Å². The Morgan fingerprint density at radius 3 is 2.36 bits per heavy atom. The molecule has 0 rings (SSSR count). The smallest absolute Gasteiger partial charge is 0.323 e. The Balaban J connectivity index is 3.37. The minimum absolute atomic E-state index is 0.564. The summed E-state index contributed by atoms with van der Waals surface area (Å²) in [5.74, 6) is 0. The highest BCUT2D eigenvalue weighted by molar-refractivity contribution is 6.46. The van der Waals surface area contributed by atoms with Crippen LogP contribution in [0.5, 0.6) is 0 Å². The van der Waals surface area contributed by atoms with Crippen LogP contribution in [0.15, 0.2) is 0 Å². The van der Waals surface area contributed by atoms with Crippen molar-refractivity contribution < 1.29 is 13.6 Å². The van der Waals surface area contributed by atoms with Gasteiger partial charge in [0, 0.05) is 21.3 Å². The largest absolute Gasteiger partial charge is 0.400 e. The topological polar surface area (TPSA) is 39.7 Å². The fraction of sp³-hybridized carbons (Fsp3) is 1.00. The van der Waals surface area contributed by atoms with Gasteiger partial charge in [0.25, 0.3) is 0 Å². The van der Waals surface area contributed by atoms with Crippen molar-refractivity contribution in [2.75, 3.05) is 34.6 Å². The van der Waals surface area contributed by atoms with E-state index in [2.05, 4.69) is 12.2 Å². The van der Waals surface area contributed by atoms with Gasteiger partial charge in [-0.2, -0.15) is 0 Å². The summed E-state index contributed by atoms with van der Waals surface area (Å²) < 4.78 is 15.5. The maximum atomic E-state index is 5.31. The van der Waals surface area contributed by atoms with Crippen molar-refractivity contribution in [3.8, 4) is 0 Å². The molecular weight excluding hydrogens is 198 g/mol. The number of hydrogen-bond donors (Lipinski definition) is 1. The van der Waals surface area contributed by atoms with Gasteiger partial charge in [-0.3, -0.25) is 5.32 Å². The van der Waals surface area contributed by atoms with Crippen LogP contribution in [0, 0.1) is 0 Å². The molecule has 0 aliphatic heterocycles. The number of methoxy groups -OCH3 is 1. The van der Waals surface area contributed by atoms with Gasteiger partial charge < -0.3 is 13.6 Å². The molecule has 0 aromatic carbocycles. The molecule has 14 heavy (non-hydrogen) atoms.